The molecule has 172 valence electrons. The highest BCUT2D eigenvalue weighted by Crippen LogP contribution is 2.41. The number of amides is 1. The Kier molecular flexibility index (Phi) is 5.56. The van der Waals surface area contributed by atoms with E-state index in [1.165, 1.54) is 6.42 Å². The number of ether oxygens (including phenoxy) is 2. The number of anilines is 1. The monoisotopic (exact) mass is 446 g/mol. The van der Waals surface area contributed by atoms with Crippen LogP contribution in [0.1, 0.15) is 50.1 Å². The van der Waals surface area contributed by atoms with Crippen LogP contribution in [-0.4, -0.2) is 32.9 Å². The van der Waals surface area contributed by atoms with Gasteiger partial charge in [0.1, 0.15) is 11.4 Å². The Labute approximate surface area is 194 Å². The number of carbonyl (C=O) groups is 1. The lowest BCUT2D eigenvalue weighted by atomic mass is 10.0. The van der Waals surface area contributed by atoms with Crippen molar-refractivity contribution in [2.24, 2.45) is 0 Å². The Morgan fingerprint density at radius 3 is 2.94 bits per heavy atom. The van der Waals surface area contributed by atoms with Crippen LogP contribution in [0, 0.1) is 6.92 Å². The molecule has 0 aliphatic carbocycles. The number of aromatic nitrogens is 3. The molecule has 5 rings (SSSR count). The summed E-state index contributed by atoms with van der Waals surface area (Å²) >= 11 is 0. The van der Waals surface area contributed by atoms with Crippen molar-refractivity contribution in [1.29, 1.82) is 0 Å². The topological polar surface area (TPSA) is 78.3 Å². The molecular weight excluding hydrogens is 416 g/mol. The molecule has 0 atom stereocenters. The van der Waals surface area contributed by atoms with Crippen LogP contribution in [0.15, 0.2) is 36.4 Å². The lowest BCUT2D eigenvalue weighted by Gasteiger charge is -2.18. The van der Waals surface area contributed by atoms with Gasteiger partial charge in [0.2, 0.25) is 0 Å². The highest BCUT2D eigenvalue weighted by atomic mass is 16.5. The molecule has 7 heteroatoms. The molecule has 3 aromatic rings. The lowest BCUT2D eigenvalue weighted by Crippen LogP contribution is -2.25. The molecule has 0 unspecified atom stereocenters. The summed E-state index contributed by atoms with van der Waals surface area (Å²) in [5, 5.41) is 11.8. The molecule has 1 N–H and O–H groups in total. The highest BCUT2D eigenvalue weighted by Gasteiger charge is 2.32. The highest BCUT2D eigenvalue weighted by molar-refractivity contribution is 5.93. The molecule has 1 amide bonds. The van der Waals surface area contributed by atoms with Gasteiger partial charge in [0.05, 0.1) is 0 Å². The van der Waals surface area contributed by atoms with Gasteiger partial charge in [0.15, 0.2) is 23.9 Å². The Balaban J connectivity index is 1.30. The van der Waals surface area contributed by atoms with E-state index in [0.29, 0.717) is 5.75 Å². The summed E-state index contributed by atoms with van der Waals surface area (Å²) in [6.07, 6.45) is 5.29. The molecule has 7 nitrogen and oxygen atoms in total. The number of nitrogens with one attached hydrogen (secondary N) is 1. The van der Waals surface area contributed by atoms with Gasteiger partial charge in [-0.1, -0.05) is 30.7 Å². The van der Waals surface area contributed by atoms with Crippen molar-refractivity contribution in [3.05, 3.63) is 53.3 Å². The predicted octanol–water partition coefficient (Wildman–Crippen LogP) is 4.71. The average molecular weight is 447 g/mol. The molecule has 0 saturated heterocycles. The molecule has 3 heterocycles. The molecule has 2 aliphatic heterocycles. The zero-order chi connectivity index (χ0) is 23.0. The molecule has 0 saturated carbocycles. The molecule has 0 bridgehead atoms. The Morgan fingerprint density at radius 1 is 1.18 bits per heavy atom. The number of carbonyl (C=O) groups excluding carboxylic acids is 1. The van der Waals surface area contributed by atoms with Crippen molar-refractivity contribution < 1.29 is 14.3 Å². The molecule has 0 fully saturated rings. The smallest absolute Gasteiger partial charge is 0.262 e. The van der Waals surface area contributed by atoms with E-state index >= 15 is 0 Å². The third-order valence-corrected chi connectivity index (χ3v) is 6.29. The summed E-state index contributed by atoms with van der Waals surface area (Å²) in [7, 11) is 0. The van der Waals surface area contributed by atoms with Gasteiger partial charge in [-0.15, -0.1) is 10.2 Å². The van der Waals surface area contributed by atoms with E-state index in [2.05, 4.69) is 20.1 Å². The maximum atomic E-state index is 12.7. The minimum absolute atomic E-state index is 0.0930. The number of rotatable bonds is 5. The van der Waals surface area contributed by atoms with Gasteiger partial charge in [-0.3, -0.25) is 4.79 Å². The van der Waals surface area contributed by atoms with Crippen molar-refractivity contribution in [1.82, 2.24) is 14.8 Å². The summed E-state index contributed by atoms with van der Waals surface area (Å²) < 4.78 is 14.1. The Hall–Kier alpha value is -3.35. The number of fused-ring (bicyclic) bond motifs is 2. The first-order valence-corrected chi connectivity index (χ1v) is 11.7. The maximum Gasteiger partial charge on any atom is 0.262 e. The first-order valence-electron chi connectivity index (χ1n) is 11.7. The number of nitrogens with zero attached hydrogens (tertiary/aromatic N) is 3. The number of hydrogen-bond donors (Lipinski definition) is 1. The molecular formula is C26H30N4O3. The van der Waals surface area contributed by atoms with Gasteiger partial charge < -0.3 is 19.4 Å². The van der Waals surface area contributed by atoms with E-state index in [0.717, 1.165) is 72.0 Å². The SMILES string of the molecule is Cc1ccc(-c2nnc3n2CCCCC3)cc1NC(=O)COc1cccc2c1OC(C)(C)C2. The van der Waals surface area contributed by atoms with E-state index in [1.807, 2.05) is 57.2 Å². The zero-order valence-corrected chi connectivity index (χ0v) is 19.5. The summed E-state index contributed by atoms with van der Waals surface area (Å²) in [6, 6.07) is 11.8. The molecule has 0 spiro atoms. The fraction of sp³-hybridized carbons (Fsp3) is 0.423. The average Bonchev–Trinajstić information content (AvgIpc) is 3.23. The lowest BCUT2D eigenvalue weighted by molar-refractivity contribution is -0.118. The van der Waals surface area contributed by atoms with Crippen molar-refractivity contribution in [2.75, 3.05) is 11.9 Å². The largest absolute Gasteiger partial charge is 0.483 e. The maximum absolute atomic E-state index is 12.7. The van der Waals surface area contributed by atoms with Crippen LogP contribution in [0.2, 0.25) is 0 Å². The van der Waals surface area contributed by atoms with Crippen LogP contribution in [0.3, 0.4) is 0 Å². The van der Waals surface area contributed by atoms with Crippen molar-refractivity contribution >= 4 is 11.6 Å². The van der Waals surface area contributed by atoms with Crippen LogP contribution in [0.4, 0.5) is 5.69 Å². The summed E-state index contributed by atoms with van der Waals surface area (Å²) in [5.41, 5.74) is 3.53. The zero-order valence-electron chi connectivity index (χ0n) is 19.5. The van der Waals surface area contributed by atoms with Gasteiger partial charge in [0.25, 0.3) is 5.91 Å². The van der Waals surface area contributed by atoms with Crippen molar-refractivity contribution in [3.63, 3.8) is 0 Å². The molecule has 1 aromatic heterocycles. The van der Waals surface area contributed by atoms with Gasteiger partial charge in [-0.2, -0.15) is 0 Å². The summed E-state index contributed by atoms with van der Waals surface area (Å²) in [5.74, 6) is 3.03. The van der Waals surface area contributed by atoms with Gasteiger partial charge in [0, 0.05) is 36.2 Å². The molecule has 0 radical (unpaired) electrons. The van der Waals surface area contributed by atoms with Crippen LogP contribution in [0.25, 0.3) is 11.4 Å². The second-order valence-corrected chi connectivity index (χ2v) is 9.55. The van der Waals surface area contributed by atoms with E-state index in [4.69, 9.17) is 9.47 Å². The Morgan fingerprint density at radius 2 is 2.06 bits per heavy atom. The van der Waals surface area contributed by atoms with Gasteiger partial charge in [-0.25, -0.2) is 0 Å². The van der Waals surface area contributed by atoms with Crippen molar-refractivity contribution in [3.8, 4) is 22.9 Å². The fourth-order valence-electron chi connectivity index (χ4n) is 4.62. The summed E-state index contributed by atoms with van der Waals surface area (Å²) in [6.45, 7) is 6.91. The first kappa shape index (κ1) is 21.5. The number of hydrogen-bond acceptors (Lipinski definition) is 5. The van der Waals surface area contributed by atoms with Crippen molar-refractivity contribution in [2.45, 2.75) is 65.0 Å². The third kappa shape index (κ3) is 4.45. The molecule has 2 aromatic carbocycles. The number of aryl methyl sites for hydroxylation is 2. The Bertz CT molecular complexity index is 1200. The number of para-hydroxylation sites is 1. The number of benzene rings is 2. The minimum Gasteiger partial charge on any atom is -0.483 e. The van der Waals surface area contributed by atoms with E-state index < -0.39 is 0 Å². The van der Waals surface area contributed by atoms with Gasteiger partial charge in [-0.05, 0) is 51.3 Å². The first-order chi connectivity index (χ1) is 15.9. The van der Waals surface area contributed by atoms with Crippen LogP contribution >= 0.6 is 0 Å². The fourth-order valence-corrected chi connectivity index (χ4v) is 4.62. The standard InChI is InChI=1S/C26H30N4O3/c1-17-11-12-18(25-29-28-22-10-5-4-6-13-30(22)25)14-20(17)27-23(31)16-32-21-9-7-8-19-15-26(2,3)33-24(19)21/h7-9,11-12,14H,4-6,10,13,15-16H2,1-3H3,(H,27,31). The predicted molar refractivity (Wildman–Crippen MR) is 127 cm³/mol. The van der Waals surface area contributed by atoms with E-state index in [9.17, 15) is 4.79 Å². The molecule has 33 heavy (non-hydrogen) atoms. The van der Waals surface area contributed by atoms with Crippen LogP contribution in [0.5, 0.6) is 11.5 Å². The van der Waals surface area contributed by atoms with Gasteiger partial charge >= 0.3 is 0 Å². The second-order valence-electron chi connectivity index (χ2n) is 9.55. The van der Waals surface area contributed by atoms with Crippen LogP contribution in [-0.2, 0) is 24.2 Å². The normalized spacial score (nSPS) is 16.3. The quantitative estimate of drug-likeness (QED) is 0.614. The van der Waals surface area contributed by atoms with Crippen LogP contribution < -0.4 is 14.8 Å². The summed E-state index contributed by atoms with van der Waals surface area (Å²) in [4.78, 5) is 12.7. The second kappa shape index (κ2) is 8.54. The minimum atomic E-state index is -0.262. The van der Waals surface area contributed by atoms with E-state index in [-0.39, 0.29) is 18.1 Å². The van der Waals surface area contributed by atoms with E-state index in [1.54, 1.807) is 0 Å². The third-order valence-electron chi connectivity index (χ3n) is 6.29. The molecule has 2 aliphatic rings.